The lowest BCUT2D eigenvalue weighted by molar-refractivity contribution is -0.142. The predicted octanol–water partition coefficient (Wildman–Crippen LogP) is 4.44. The smallest absolute Gasteiger partial charge is 0.370 e. The molecule has 2 heterocycles. The maximum absolute atomic E-state index is 13.5. The van der Waals surface area contributed by atoms with Crippen molar-refractivity contribution in [2.75, 3.05) is 37.6 Å². The van der Waals surface area contributed by atoms with E-state index in [1.54, 1.807) is 6.07 Å². The summed E-state index contributed by atoms with van der Waals surface area (Å²) in [6, 6.07) is 5.36. The number of piperidine rings is 1. The molecule has 2 aliphatic heterocycles. The number of amides is 2. The third kappa shape index (κ3) is 5.74. The van der Waals surface area contributed by atoms with Crippen molar-refractivity contribution in [3.05, 3.63) is 29.3 Å². The number of halogens is 3. The Hall–Kier alpha value is -2.76. The molecule has 0 aromatic heterocycles. The van der Waals surface area contributed by atoms with E-state index >= 15 is 0 Å². The molecule has 2 atom stereocenters. The van der Waals surface area contributed by atoms with Crippen LogP contribution in [-0.2, 0) is 15.8 Å². The quantitative estimate of drug-likeness (QED) is 0.637. The van der Waals surface area contributed by atoms with E-state index < -0.39 is 22.7 Å². The monoisotopic (exact) mass is 492 g/mol. The Kier molecular flexibility index (Phi) is 8.03. The van der Waals surface area contributed by atoms with Crippen molar-refractivity contribution in [1.29, 1.82) is 5.26 Å². The van der Waals surface area contributed by atoms with Gasteiger partial charge in [0.2, 0.25) is 11.8 Å². The molecule has 35 heavy (non-hydrogen) atoms. The molecule has 2 saturated heterocycles. The first-order valence-corrected chi connectivity index (χ1v) is 12.4. The third-order valence-electron chi connectivity index (χ3n) is 7.74. The molecule has 1 aromatic carbocycles. The number of nitrogens with one attached hydrogen (secondary N) is 1. The van der Waals surface area contributed by atoms with Gasteiger partial charge < -0.3 is 15.1 Å². The third-order valence-corrected chi connectivity index (χ3v) is 7.74. The van der Waals surface area contributed by atoms with Gasteiger partial charge in [-0.1, -0.05) is 20.8 Å². The summed E-state index contributed by atoms with van der Waals surface area (Å²) in [5, 5.41) is 12.0. The minimum atomic E-state index is -4.63. The van der Waals surface area contributed by atoms with E-state index in [9.17, 15) is 22.8 Å². The fourth-order valence-corrected chi connectivity index (χ4v) is 5.27. The van der Waals surface area contributed by atoms with Crippen LogP contribution in [0.1, 0.15) is 58.1 Å². The van der Waals surface area contributed by atoms with Gasteiger partial charge in [-0.3, -0.25) is 9.59 Å². The summed E-state index contributed by atoms with van der Waals surface area (Å²) in [4.78, 5) is 29.5. The molecule has 0 aliphatic carbocycles. The summed E-state index contributed by atoms with van der Waals surface area (Å²) in [6.07, 6.45) is -2.35. The lowest BCUT2D eigenvalue weighted by Gasteiger charge is -2.39. The summed E-state index contributed by atoms with van der Waals surface area (Å²) in [7, 11) is 0. The van der Waals surface area contributed by atoms with E-state index in [2.05, 4.69) is 5.32 Å². The van der Waals surface area contributed by atoms with Crippen molar-refractivity contribution in [3.8, 4) is 6.07 Å². The minimum Gasteiger partial charge on any atom is -0.370 e. The van der Waals surface area contributed by atoms with E-state index in [1.165, 1.54) is 12.1 Å². The van der Waals surface area contributed by atoms with Crippen molar-refractivity contribution >= 4 is 17.5 Å². The van der Waals surface area contributed by atoms with Gasteiger partial charge in [0.15, 0.2) is 0 Å². The number of anilines is 1. The Morgan fingerprint density at radius 1 is 1.14 bits per heavy atom. The molecule has 2 amide bonds. The molecular weight excluding hydrogens is 457 g/mol. The summed E-state index contributed by atoms with van der Waals surface area (Å²) in [5.74, 6) is -0.122. The molecule has 0 spiro atoms. The van der Waals surface area contributed by atoms with Crippen LogP contribution in [0, 0.1) is 34.5 Å². The molecule has 0 saturated carbocycles. The second kappa shape index (κ2) is 10.5. The molecule has 0 radical (unpaired) electrons. The second-order valence-corrected chi connectivity index (χ2v) is 10.3. The van der Waals surface area contributed by atoms with Crippen molar-refractivity contribution < 1.29 is 22.8 Å². The number of likely N-dealkylation sites (tertiary alicyclic amines) is 1. The van der Waals surface area contributed by atoms with Gasteiger partial charge in [0, 0.05) is 43.8 Å². The molecule has 0 bridgehead atoms. The molecule has 3 rings (SSSR count). The number of benzene rings is 1. The number of carbonyl (C=O) groups is 2. The van der Waals surface area contributed by atoms with Gasteiger partial charge >= 0.3 is 6.18 Å². The Morgan fingerprint density at radius 2 is 1.80 bits per heavy atom. The van der Waals surface area contributed by atoms with Crippen molar-refractivity contribution in [2.45, 2.75) is 53.1 Å². The number of alkyl halides is 3. The van der Waals surface area contributed by atoms with Crippen LogP contribution in [0.3, 0.4) is 0 Å². The fraction of sp³-hybridized carbons (Fsp3) is 0.654. The van der Waals surface area contributed by atoms with Gasteiger partial charge in [-0.15, -0.1) is 0 Å². The summed E-state index contributed by atoms with van der Waals surface area (Å²) >= 11 is 0. The van der Waals surface area contributed by atoms with Crippen molar-refractivity contribution in [3.63, 3.8) is 0 Å². The molecule has 2 fully saturated rings. The molecule has 0 unspecified atom stereocenters. The lowest BCUT2D eigenvalue weighted by atomic mass is 9.77. The molecule has 1 aromatic rings. The van der Waals surface area contributed by atoms with Gasteiger partial charge in [-0.25, -0.2) is 0 Å². The average Bonchev–Trinajstić information content (AvgIpc) is 3.28. The highest BCUT2D eigenvalue weighted by atomic mass is 19.4. The van der Waals surface area contributed by atoms with Crippen LogP contribution < -0.4 is 10.2 Å². The molecule has 2 aliphatic rings. The molecule has 1 N–H and O–H groups in total. The van der Waals surface area contributed by atoms with Gasteiger partial charge in [-0.05, 0) is 56.2 Å². The van der Waals surface area contributed by atoms with Gasteiger partial charge in [-0.2, -0.15) is 18.4 Å². The standard InChI is InChI=1S/C26H35F3N4O2/c1-5-25(3,4)24(35)32-11-9-17(10-12-32)20-15-33(16-21(20)23(34)31-6-2)19-8-7-18(14-30)22(13-19)26(27,28)29/h7-8,13,17,20-21H,5-6,9-12,15-16H2,1-4H3,(H,31,34)/t20-,21+/m0/s1. The van der Waals surface area contributed by atoms with E-state index in [0.29, 0.717) is 38.4 Å². The Bertz CT molecular complexity index is 978. The number of rotatable bonds is 6. The minimum absolute atomic E-state index is 0.0250. The maximum atomic E-state index is 13.5. The Morgan fingerprint density at radius 3 is 2.34 bits per heavy atom. The summed E-state index contributed by atoms with van der Waals surface area (Å²) < 4.78 is 40.6. The predicted molar refractivity (Wildman–Crippen MR) is 127 cm³/mol. The SMILES string of the molecule is CCNC(=O)[C@@H]1CN(c2ccc(C#N)c(C(F)(F)F)c2)C[C@H]1C1CCN(C(=O)C(C)(C)CC)CC1. The van der Waals surface area contributed by atoms with Crippen molar-refractivity contribution in [2.24, 2.45) is 23.2 Å². The first kappa shape index (κ1) is 26.8. The van der Waals surface area contributed by atoms with Crippen molar-refractivity contribution in [1.82, 2.24) is 10.2 Å². The second-order valence-electron chi connectivity index (χ2n) is 10.3. The van der Waals surface area contributed by atoms with Gasteiger partial charge in [0.1, 0.15) is 0 Å². The molecule has 6 nitrogen and oxygen atoms in total. The summed E-state index contributed by atoms with van der Waals surface area (Å²) in [6.45, 7) is 10.3. The maximum Gasteiger partial charge on any atom is 0.417 e. The number of hydrogen-bond donors (Lipinski definition) is 1. The zero-order valence-corrected chi connectivity index (χ0v) is 20.9. The molecule has 192 valence electrons. The topological polar surface area (TPSA) is 76.4 Å². The molecule has 9 heteroatoms. The zero-order chi connectivity index (χ0) is 26.0. The average molecular weight is 493 g/mol. The van der Waals surface area contributed by atoms with Crippen LogP contribution in [0.15, 0.2) is 18.2 Å². The van der Waals surface area contributed by atoms with E-state index in [-0.39, 0.29) is 29.6 Å². The largest absolute Gasteiger partial charge is 0.417 e. The Labute approximate surface area is 205 Å². The van der Waals surface area contributed by atoms with Crippen LogP contribution in [0.25, 0.3) is 0 Å². The number of nitriles is 1. The lowest BCUT2D eigenvalue weighted by Crippen LogP contribution is -2.47. The van der Waals surface area contributed by atoms with Gasteiger partial charge in [0.25, 0.3) is 0 Å². The van der Waals surface area contributed by atoms with E-state index in [1.807, 2.05) is 37.5 Å². The van der Waals surface area contributed by atoms with Crippen LogP contribution in [-0.4, -0.2) is 49.4 Å². The van der Waals surface area contributed by atoms with E-state index in [4.69, 9.17) is 5.26 Å². The van der Waals surface area contributed by atoms with Gasteiger partial charge in [0.05, 0.1) is 23.1 Å². The van der Waals surface area contributed by atoms with Crippen LogP contribution in [0.4, 0.5) is 18.9 Å². The highest BCUT2D eigenvalue weighted by Gasteiger charge is 2.44. The Balaban J connectivity index is 1.80. The summed E-state index contributed by atoms with van der Waals surface area (Å²) in [5.41, 5.74) is -1.41. The number of nitrogens with zero attached hydrogens (tertiary/aromatic N) is 3. The number of hydrogen-bond acceptors (Lipinski definition) is 4. The first-order chi connectivity index (χ1) is 16.4. The van der Waals surface area contributed by atoms with Crippen LogP contribution >= 0.6 is 0 Å². The number of carbonyl (C=O) groups excluding carboxylic acids is 2. The fourth-order valence-electron chi connectivity index (χ4n) is 5.27. The molecular formula is C26H35F3N4O2. The first-order valence-electron chi connectivity index (χ1n) is 12.4. The van der Waals surface area contributed by atoms with Crippen LogP contribution in [0.2, 0.25) is 0 Å². The zero-order valence-electron chi connectivity index (χ0n) is 20.9. The highest BCUT2D eigenvalue weighted by molar-refractivity contribution is 5.82. The normalized spacial score (nSPS) is 21.7. The highest BCUT2D eigenvalue weighted by Crippen LogP contribution is 2.40. The van der Waals surface area contributed by atoms with Crippen LogP contribution in [0.5, 0.6) is 0 Å². The van der Waals surface area contributed by atoms with E-state index in [0.717, 1.165) is 25.3 Å².